The molecule has 0 amide bonds. The zero-order chi connectivity index (χ0) is 76.6. The molecule has 0 fully saturated rings. The summed E-state index contributed by atoms with van der Waals surface area (Å²) in [6, 6.07) is 34.2. The molecule has 4 radical (unpaired) electrons. The molecule has 19 nitrogen and oxygen atoms in total. The number of aryl methyl sites for hydroxylation is 1. The number of nitro benzene ring substituents is 1. The van der Waals surface area contributed by atoms with E-state index in [9.17, 15) is 23.3 Å². The van der Waals surface area contributed by atoms with Crippen molar-refractivity contribution in [2.24, 2.45) is 30.8 Å². The number of carbonyl (C=O) groups excluding carboxylic acids is 4. The molecule has 0 atom stereocenters. The largest absolute Gasteiger partial charge is 0.540 e. The molecule has 26 heteroatoms. The number of benzene rings is 5. The average molecular weight is 2170 g/mol. The van der Waals surface area contributed by atoms with Crippen LogP contribution < -0.4 is 4.74 Å². The van der Waals surface area contributed by atoms with Gasteiger partial charge in [0.05, 0.1) is 99.9 Å². The van der Waals surface area contributed by atoms with Gasteiger partial charge >= 0.3 is 23.1 Å². The number of ketones is 4. The number of nitro groups is 1. The maximum absolute atomic E-state index is 13.9. The Bertz CT molecular complexity index is 3860. The number of rotatable bonds is 11. The van der Waals surface area contributed by atoms with E-state index in [1.807, 2.05) is 82.3 Å². The first kappa shape index (κ1) is 101. The molecule has 0 bridgehead atoms. The van der Waals surface area contributed by atoms with Crippen LogP contribution in [0.1, 0.15) is 177 Å². The molecule has 4 aliphatic rings. The molecule has 0 spiro atoms. The maximum Gasteiger partial charge on any atom is 0.316 e. The molecule has 105 heavy (non-hydrogen) atoms. The van der Waals surface area contributed by atoms with E-state index < -0.39 is 22.9 Å². The van der Waals surface area contributed by atoms with Crippen molar-refractivity contribution in [2.75, 3.05) is 33.3 Å². The van der Waals surface area contributed by atoms with E-state index in [2.05, 4.69) is 76.8 Å². The smallest absolute Gasteiger partial charge is 0.316 e. The fraction of sp³-hybridized carbons (Fsp3) is 0.405. The fourth-order valence-electron chi connectivity index (χ4n) is 9.77. The van der Waals surface area contributed by atoms with Crippen molar-refractivity contribution >= 4 is 57.7 Å². The Labute approximate surface area is 670 Å². The normalized spacial score (nSPS) is 15.5. The number of aliphatic hydroxyl groups excluding tert-OH is 4. The van der Waals surface area contributed by atoms with Gasteiger partial charge in [0.15, 0.2) is 11.4 Å². The first-order valence-corrected chi connectivity index (χ1v) is 32.5. The molecule has 0 aromatic heterocycles. The van der Waals surface area contributed by atoms with Crippen molar-refractivity contribution < 1.29 is 152 Å². The third kappa shape index (κ3) is 38.4. The van der Waals surface area contributed by atoms with E-state index >= 15 is 0 Å². The van der Waals surface area contributed by atoms with Crippen LogP contribution in [0.5, 0.6) is 5.75 Å². The Morgan fingerprint density at radius 3 is 1.36 bits per heavy atom. The minimum Gasteiger partial charge on any atom is -0.540 e. The second-order valence-electron chi connectivity index (χ2n) is 26.3. The Morgan fingerprint density at radius 2 is 0.990 bits per heavy atom. The third-order valence-electron chi connectivity index (χ3n) is 14.5. The molecule has 580 valence electrons. The summed E-state index contributed by atoms with van der Waals surface area (Å²) in [6.07, 6.45) is 11.3. The molecule has 0 saturated heterocycles. The Kier molecular flexibility index (Phi) is 47.6. The van der Waals surface area contributed by atoms with Crippen molar-refractivity contribution in [3.8, 4) is 16.9 Å². The second-order valence-corrected chi connectivity index (χ2v) is 26.3. The van der Waals surface area contributed by atoms with E-state index in [1.165, 1.54) is 110 Å². The monoisotopic (exact) mass is 2170 g/mol. The second kappa shape index (κ2) is 49.2. The van der Waals surface area contributed by atoms with Gasteiger partial charge in [-0.2, -0.15) is 0 Å². The van der Waals surface area contributed by atoms with Crippen LogP contribution in [-0.2, 0) is 89.9 Å². The van der Waals surface area contributed by atoms with Crippen molar-refractivity contribution in [1.29, 1.82) is 0 Å². The van der Waals surface area contributed by atoms with Crippen molar-refractivity contribution in [3.05, 3.63) is 217 Å². The minimum absolute atomic E-state index is 0. The molecule has 0 aliphatic carbocycles. The molecule has 9 rings (SSSR count). The summed E-state index contributed by atoms with van der Waals surface area (Å²) in [4.78, 5) is 65.2. The first-order valence-electron chi connectivity index (χ1n) is 32.5. The third-order valence-corrected chi connectivity index (χ3v) is 14.5. The quantitative estimate of drug-likeness (QED) is 0.0244. The summed E-state index contributed by atoms with van der Waals surface area (Å²) in [6.45, 7) is 40.1. The average Bonchev–Trinajstić information content (AvgIpc) is 0.819. The molecule has 0 saturated carbocycles. The van der Waals surface area contributed by atoms with Crippen LogP contribution in [0.4, 0.5) is 24.5 Å². The van der Waals surface area contributed by atoms with Crippen LogP contribution in [0.2, 0.25) is 0 Å². The van der Waals surface area contributed by atoms with Crippen LogP contribution in [0, 0.1) is 76.2 Å². The Balaban J connectivity index is -0.00000117. The number of hydrogen-bond acceptors (Lipinski definition) is 13. The van der Waals surface area contributed by atoms with Crippen molar-refractivity contribution in [1.82, 2.24) is 0 Å². The number of ether oxygens (including phenoxy) is 3. The summed E-state index contributed by atoms with van der Waals surface area (Å²) in [5, 5.41) is 45.1. The molecule has 5 aromatic carbocycles. The fourth-order valence-corrected chi connectivity index (χ4v) is 9.77. The minimum atomic E-state index is -0.971. The van der Waals surface area contributed by atoms with Gasteiger partial charge in [0.25, 0.3) is 0 Å². The van der Waals surface area contributed by atoms with E-state index in [0.717, 1.165) is 73.0 Å². The molecule has 0 unspecified atom stereocenters. The molecule has 4 aliphatic heterocycles. The first-order chi connectivity index (χ1) is 47.0. The van der Waals surface area contributed by atoms with Crippen LogP contribution in [0.3, 0.4) is 0 Å². The van der Waals surface area contributed by atoms with Gasteiger partial charge < -0.3 is 44.6 Å². The van der Waals surface area contributed by atoms with Gasteiger partial charge in [-0.15, -0.1) is 77.9 Å². The van der Waals surface area contributed by atoms with Gasteiger partial charge in [-0.05, 0) is 109 Å². The van der Waals surface area contributed by atoms with E-state index in [4.69, 9.17) is 60.4 Å². The van der Waals surface area contributed by atoms with E-state index in [0.29, 0.717) is 35.7 Å². The van der Waals surface area contributed by atoms with Gasteiger partial charge in [0.2, 0.25) is 0 Å². The number of aliphatic hydroxyl groups is 4. The van der Waals surface area contributed by atoms with Crippen LogP contribution in [0.25, 0.3) is 16.0 Å². The number of nitrogens with zero attached hydrogens (tertiary/aromatic N) is 6. The molecular weight excluding hydrogens is 2070 g/mol. The van der Waals surface area contributed by atoms with Crippen LogP contribution in [-0.4, -0.2) is 135 Å². The van der Waals surface area contributed by atoms with Gasteiger partial charge in [-0.3, -0.25) is 57.3 Å². The number of hydrogen-bond donors (Lipinski definition) is 4. The number of methoxy groups -OCH3 is 1. The van der Waals surface area contributed by atoms with Crippen molar-refractivity contribution in [2.45, 2.75) is 167 Å². The van der Waals surface area contributed by atoms with E-state index in [-0.39, 0.29) is 171 Å². The summed E-state index contributed by atoms with van der Waals surface area (Å²) < 4.78 is 56.8. The zero-order valence-corrected chi connectivity index (χ0v) is 72.2. The summed E-state index contributed by atoms with van der Waals surface area (Å²) in [5.74, 6) is 0.247. The standard InChI is InChI=1S/C18H17N2O3.C14H17FN.C14H18NO.C13H11F2N2O.4C5H8O2.4Ir/c1-18(2)10-11-19-17(23-18)14-8-9-15(16(12-14)20(21)22)13-6-4-3-5-7-13;1-10-9-11(5-6-12(10)15)13-14(2,3)7-4-8-16-13;1-14(2)9-4-10-15-13(14)11-5-7-12(16-3)8-6-11;1-13(2)6-7-17-12(18-13)8-4-5-9(14)11(16-3)10(8)15;4*1-4(6)3-5(2)7;;;;/h3-7,9,12H,10-11H2,1-2H3;6,9H,4,7-8H2,1-3H3;5,7-8H,4,9-10H2,1-3H3;5H,6-7H2,1-2H3;4*3,6H,1-2H3;;;;/q4*-1;;;;;;;;/p+4. The SMILES string of the molecule is CC(=[OH+])C=C(C)O.CC(=[OH+])C=C(C)O.CC(=[OH+])C=C(C)O.CC(=[OH+])C=C(C)O.CC1(C)CCN=C(c2[c-]cc(-c3ccccc3)c([N+](=O)[O-])c2)O1.COc1c[c-]c(C2=NCCCC2(C)C)cc1.Cc1cc(C2=NCCCC2(C)C)[c-]cc1F.[C-]#[N+]c1c(F)c[c-]c(C2=NCCC(C)(C)O2)c1F.[Ir].[Ir].[Ir].[Ir]. The summed E-state index contributed by atoms with van der Waals surface area (Å²) in [7, 11) is 1.67. The number of allylic oxidation sites excluding steroid dienone is 8. The van der Waals surface area contributed by atoms with Gasteiger partial charge in [0.1, 0.15) is 11.8 Å². The number of aliphatic imine (C=N–C) groups is 4. The van der Waals surface area contributed by atoms with Gasteiger partial charge in [0, 0.05) is 148 Å². The molecule has 8 N–H and O–H groups in total. The van der Waals surface area contributed by atoms with Gasteiger partial charge in [-0.1, -0.05) is 93.3 Å². The maximum atomic E-state index is 13.9. The zero-order valence-electron chi connectivity index (χ0n) is 62.7. The molecule has 4 heterocycles. The summed E-state index contributed by atoms with van der Waals surface area (Å²) >= 11 is 0. The molecule has 5 aromatic rings. The van der Waals surface area contributed by atoms with Crippen LogP contribution in [0.15, 0.2) is 146 Å². The predicted molar refractivity (Wildman–Crippen MR) is 398 cm³/mol. The molecular formula is C79H99F3Ir4N6O13. The predicted octanol–water partition coefficient (Wildman–Crippen LogP) is 18.0. The Morgan fingerprint density at radius 1 is 0.571 bits per heavy atom. The Hall–Kier alpha value is -7.70. The number of halogens is 3. The van der Waals surface area contributed by atoms with Crippen LogP contribution >= 0.6 is 0 Å². The van der Waals surface area contributed by atoms with E-state index in [1.54, 1.807) is 20.1 Å². The topological polar surface area (TPSA) is 291 Å². The van der Waals surface area contributed by atoms with Gasteiger partial charge in [-0.25, -0.2) is 0 Å². The summed E-state index contributed by atoms with van der Waals surface area (Å²) in [5.41, 5.74) is 5.57. The van der Waals surface area contributed by atoms with Crippen molar-refractivity contribution in [3.63, 3.8) is 0 Å².